The Morgan fingerprint density at radius 1 is 1.16 bits per heavy atom. The standard InChI is InChI=1S/C16H32N2O/c1-14-6-3-4-8-16(14)17-9-11-18-10-5-7-15(12-18)13-19-2/h14-17H,3-13H2,1-2H3. The number of nitrogens with one attached hydrogen (secondary N) is 1. The smallest absolute Gasteiger partial charge is 0.0502 e. The van der Waals surface area contributed by atoms with Crippen molar-refractivity contribution >= 4 is 0 Å². The van der Waals surface area contributed by atoms with Crippen LogP contribution in [-0.4, -0.2) is 50.8 Å². The van der Waals surface area contributed by atoms with Crippen LogP contribution in [0.1, 0.15) is 45.4 Å². The monoisotopic (exact) mass is 268 g/mol. The maximum atomic E-state index is 5.30. The fourth-order valence-corrected chi connectivity index (χ4v) is 3.75. The Bertz CT molecular complexity index is 245. The van der Waals surface area contributed by atoms with Gasteiger partial charge in [0.05, 0.1) is 6.61 Å². The Morgan fingerprint density at radius 3 is 2.79 bits per heavy atom. The second-order valence-electron chi connectivity index (χ2n) is 6.59. The molecule has 19 heavy (non-hydrogen) atoms. The van der Waals surface area contributed by atoms with Crippen LogP contribution in [0.4, 0.5) is 0 Å². The minimum absolute atomic E-state index is 0.757. The first kappa shape index (κ1) is 15.3. The molecule has 112 valence electrons. The van der Waals surface area contributed by atoms with E-state index in [2.05, 4.69) is 17.1 Å². The number of likely N-dealkylation sites (tertiary alicyclic amines) is 1. The minimum atomic E-state index is 0.757. The number of rotatable bonds is 6. The van der Waals surface area contributed by atoms with Crippen molar-refractivity contribution in [3.05, 3.63) is 0 Å². The highest BCUT2D eigenvalue weighted by atomic mass is 16.5. The summed E-state index contributed by atoms with van der Waals surface area (Å²) in [5, 5.41) is 3.79. The minimum Gasteiger partial charge on any atom is -0.384 e. The highest BCUT2D eigenvalue weighted by Gasteiger charge is 2.22. The molecule has 0 aromatic carbocycles. The Morgan fingerprint density at radius 2 is 2.00 bits per heavy atom. The van der Waals surface area contributed by atoms with Gasteiger partial charge >= 0.3 is 0 Å². The molecule has 0 spiro atoms. The van der Waals surface area contributed by atoms with Crippen LogP contribution in [0.2, 0.25) is 0 Å². The van der Waals surface area contributed by atoms with Gasteiger partial charge in [-0.05, 0) is 44.1 Å². The van der Waals surface area contributed by atoms with Crippen LogP contribution in [0.15, 0.2) is 0 Å². The molecule has 2 rings (SSSR count). The zero-order chi connectivity index (χ0) is 13.5. The summed E-state index contributed by atoms with van der Waals surface area (Å²) >= 11 is 0. The molecule has 0 aromatic rings. The lowest BCUT2D eigenvalue weighted by atomic mass is 9.86. The lowest BCUT2D eigenvalue weighted by Gasteiger charge is -2.34. The zero-order valence-corrected chi connectivity index (χ0v) is 12.9. The third-order valence-corrected chi connectivity index (χ3v) is 4.95. The topological polar surface area (TPSA) is 24.5 Å². The van der Waals surface area contributed by atoms with Gasteiger partial charge in [0.25, 0.3) is 0 Å². The number of nitrogens with zero attached hydrogens (tertiary/aromatic N) is 1. The number of ether oxygens (including phenoxy) is 1. The number of methoxy groups -OCH3 is 1. The average molecular weight is 268 g/mol. The molecular formula is C16H32N2O. The van der Waals surface area contributed by atoms with E-state index in [0.29, 0.717) is 0 Å². The van der Waals surface area contributed by atoms with Crippen LogP contribution in [-0.2, 0) is 4.74 Å². The molecule has 2 fully saturated rings. The largest absolute Gasteiger partial charge is 0.384 e. The average Bonchev–Trinajstić information content (AvgIpc) is 2.42. The van der Waals surface area contributed by atoms with Gasteiger partial charge in [0.15, 0.2) is 0 Å². The number of hydrogen-bond donors (Lipinski definition) is 1. The van der Waals surface area contributed by atoms with Crippen LogP contribution in [0.5, 0.6) is 0 Å². The first-order valence-corrected chi connectivity index (χ1v) is 8.24. The summed E-state index contributed by atoms with van der Waals surface area (Å²) in [6.45, 7) is 8.23. The highest BCUT2D eigenvalue weighted by Crippen LogP contribution is 2.23. The fourth-order valence-electron chi connectivity index (χ4n) is 3.75. The van der Waals surface area contributed by atoms with E-state index in [1.807, 2.05) is 7.11 Å². The van der Waals surface area contributed by atoms with Crippen molar-refractivity contribution in [3.8, 4) is 0 Å². The fraction of sp³-hybridized carbons (Fsp3) is 1.00. The van der Waals surface area contributed by atoms with Crippen LogP contribution in [0, 0.1) is 11.8 Å². The predicted octanol–water partition coefficient (Wildman–Crippen LogP) is 2.51. The normalized spacial score (nSPS) is 33.5. The molecule has 3 heteroatoms. The molecule has 1 saturated carbocycles. The molecule has 1 N–H and O–H groups in total. The second kappa shape index (κ2) is 8.23. The van der Waals surface area contributed by atoms with E-state index in [0.717, 1.165) is 31.0 Å². The molecule has 0 amide bonds. The quantitative estimate of drug-likeness (QED) is 0.801. The second-order valence-corrected chi connectivity index (χ2v) is 6.59. The van der Waals surface area contributed by atoms with Crippen LogP contribution >= 0.6 is 0 Å². The molecule has 2 aliphatic rings. The van der Waals surface area contributed by atoms with Gasteiger partial charge in [-0.3, -0.25) is 0 Å². The lowest BCUT2D eigenvalue weighted by molar-refractivity contribution is 0.0900. The molecule has 0 aromatic heterocycles. The zero-order valence-electron chi connectivity index (χ0n) is 12.9. The molecule has 1 aliphatic carbocycles. The third kappa shape index (κ3) is 5.05. The van der Waals surface area contributed by atoms with Crippen molar-refractivity contribution in [2.24, 2.45) is 11.8 Å². The van der Waals surface area contributed by atoms with E-state index in [4.69, 9.17) is 4.74 Å². The van der Waals surface area contributed by atoms with Gasteiger partial charge in [0, 0.05) is 32.8 Å². The highest BCUT2D eigenvalue weighted by molar-refractivity contribution is 4.79. The van der Waals surface area contributed by atoms with E-state index in [1.165, 1.54) is 58.2 Å². The summed E-state index contributed by atoms with van der Waals surface area (Å²) in [4.78, 5) is 2.62. The van der Waals surface area contributed by atoms with Crippen molar-refractivity contribution in [2.75, 3.05) is 39.9 Å². The Hall–Kier alpha value is -0.120. The summed E-state index contributed by atoms with van der Waals surface area (Å²) in [5.74, 6) is 1.63. The van der Waals surface area contributed by atoms with Gasteiger partial charge in [0.2, 0.25) is 0 Å². The third-order valence-electron chi connectivity index (χ3n) is 4.95. The Balaban J connectivity index is 1.62. The molecule has 1 saturated heterocycles. The van der Waals surface area contributed by atoms with Gasteiger partial charge in [-0.15, -0.1) is 0 Å². The molecule has 0 radical (unpaired) electrons. The molecule has 1 aliphatic heterocycles. The molecule has 1 heterocycles. The van der Waals surface area contributed by atoms with Crippen LogP contribution in [0.3, 0.4) is 0 Å². The van der Waals surface area contributed by atoms with Crippen LogP contribution < -0.4 is 5.32 Å². The van der Waals surface area contributed by atoms with Gasteiger partial charge in [-0.1, -0.05) is 19.8 Å². The summed E-state index contributed by atoms with van der Waals surface area (Å²) in [6.07, 6.45) is 8.34. The van der Waals surface area contributed by atoms with Gasteiger partial charge in [-0.2, -0.15) is 0 Å². The van der Waals surface area contributed by atoms with E-state index in [1.54, 1.807) is 0 Å². The summed E-state index contributed by atoms with van der Waals surface area (Å²) < 4.78 is 5.30. The molecular weight excluding hydrogens is 236 g/mol. The first-order chi connectivity index (χ1) is 9.29. The Labute approximate surface area is 119 Å². The van der Waals surface area contributed by atoms with Gasteiger partial charge in [-0.25, -0.2) is 0 Å². The number of piperidine rings is 1. The van der Waals surface area contributed by atoms with Gasteiger partial charge < -0.3 is 15.0 Å². The maximum absolute atomic E-state index is 5.30. The van der Waals surface area contributed by atoms with Crippen LogP contribution in [0.25, 0.3) is 0 Å². The molecule has 3 atom stereocenters. The van der Waals surface area contributed by atoms with E-state index in [-0.39, 0.29) is 0 Å². The maximum Gasteiger partial charge on any atom is 0.0502 e. The molecule has 3 nitrogen and oxygen atoms in total. The first-order valence-electron chi connectivity index (χ1n) is 8.24. The predicted molar refractivity (Wildman–Crippen MR) is 80.5 cm³/mol. The van der Waals surface area contributed by atoms with Gasteiger partial charge in [0.1, 0.15) is 0 Å². The number of hydrogen-bond acceptors (Lipinski definition) is 3. The summed E-state index contributed by atoms with van der Waals surface area (Å²) in [6, 6.07) is 0.772. The van der Waals surface area contributed by atoms with Crippen molar-refractivity contribution in [1.29, 1.82) is 0 Å². The van der Waals surface area contributed by atoms with Crippen molar-refractivity contribution < 1.29 is 4.74 Å². The molecule has 0 bridgehead atoms. The lowest BCUT2D eigenvalue weighted by Crippen LogP contribution is -2.44. The molecule has 3 unspecified atom stereocenters. The van der Waals surface area contributed by atoms with Crippen molar-refractivity contribution in [2.45, 2.75) is 51.5 Å². The van der Waals surface area contributed by atoms with E-state index in [9.17, 15) is 0 Å². The summed E-state index contributed by atoms with van der Waals surface area (Å²) in [7, 11) is 1.82. The van der Waals surface area contributed by atoms with E-state index >= 15 is 0 Å². The van der Waals surface area contributed by atoms with Crippen molar-refractivity contribution in [1.82, 2.24) is 10.2 Å². The Kier molecular flexibility index (Phi) is 6.62. The van der Waals surface area contributed by atoms with Crippen molar-refractivity contribution in [3.63, 3.8) is 0 Å². The SMILES string of the molecule is COCC1CCCN(CCNC2CCCCC2C)C1. The summed E-state index contributed by atoms with van der Waals surface area (Å²) in [5.41, 5.74) is 0. The van der Waals surface area contributed by atoms with E-state index < -0.39 is 0 Å².